The fraction of sp³-hybridized carbons (Fsp3) is 0.562. The maximum absolute atomic E-state index is 13.8. The molecule has 2 fully saturated rings. The van der Waals surface area contributed by atoms with Gasteiger partial charge in [-0.05, 0) is 32.8 Å². The Hall–Kier alpha value is -0.970. The Morgan fingerprint density at radius 3 is 3.00 bits per heavy atom. The van der Waals surface area contributed by atoms with Crippen molar-refractivity contribution in [3.8, 4) is 0 Å². The van der Waals surface area contributed by atoms with Crippen LogP contribution >= 0.6 is 11.6 Å². The summed E-state index contributed by atoms with van der Waals surface area (Å²) < 4.78 is 13.8. The second-order valence-corrected chi connectivity index (χ2v) is 6.74. The number of piperidine rings is 1. The second kappa shape index (κ2) is 5.34. The number of nitrogens with one attached hydrogen (secondary N) is 2. The molecule has 3 rings (SSSR count). The van der Waals surface area contributed by atoms with Gasteiger partial charge in [0.2, 0.25) is 0 Å². The topological polar surface area (TPSA) is 41.1 Å². The van der Waals surface area contributed by atoms with Crippen molar-refractivity contribution in [3.63, 3.8) is 0 Å². The van der Waals surface area contributed by atoms with Crippen LogP contribution in [0.4, 0.5) is 4.39 Å². The molecule has 21 heavy (non-hydrogen) atoms. The van der Waals surface area contributed by atoms with Gasteiger partial charge in [-0.3, -0.25) is 4.79 Å². The molecular formula is C16H20ClFN2O. The van der Waals surface area contributed by atoms with Gasteiger partial charge in [-0.25, -0.2) is 4.39 Å². The lowest BCUT2D eigenvalue weighted by Crippen LogP contribution is -2.44. The predicted octanol–water partition coefficient (Wildman–Crippen LogP) is 2.67. The van der Waals surface area contributed by atoms with Crippen LogP contribution in [0, 0.1) is 11.2 Å². The van der Waals surface area contributed by atoms with Gasteiger partial charge in [0.05, 0.1) is 5.02 Å². The number of hydrogen-bond acceptors (Lipinski definition) is 3. The lowest BCUT2D eigenvalue weighted by atomic mass is 9.93. The Kier molecular flexibility index (Phi) is 3.80. The molecule has 0 amide bonds. The first-order valence-corrected chi connectivity index (χ1v) is 7.75. The first-order chi connectivity index (χ1) is 9.94. The van der Waals surface area contributed by atoms with Crippen molar-refractivity contribution in [2.24, 2.45) is 5.41 Å². The Morgan fingerprint density at radius 2 is 2.33 bits per heavy atom. The number of rotatable bonds is 5. The molecule has 5 heteroatoms. The number of hydrogen-bond donors (Lipinski definition) is 2. The standard InChI is InChI=1S/C16H20ClFN2O/c1-9(13-6-16(10(2)21)7-14(16)20-13)19-8-11-4-3-5-12(17)15(11)18/h3-5,9,13-14,19-20H,6-8H2,1-2H3. The second-order valence-electron chi connectivity index (χ2n) is 6.33. The zero-order chi connectivity index (χ0) is 15.2. The van der Waals surface area contributed by atoms with E-state index in [-0.39, 0.29) is 34.1 Å². The van der Waals surface area contributed by atoms with Gasteiger partial charge in [-0.15, -0.1) is 0 Å². The number of halogens is 2. The summed E-state index contributed by atoms with van der Waals surface area (Å²) in [5.41, 5.74) is 0.445. The monoisotopic (exact) mass is 310 g/mol. The van der Waals surface area contributed by atoms with Crippen LogP contribution in [0.5, 0.6) is 0 Å². The van der Waals surface area contributed by atoms with Gasteiger partial charge in [0.1, 0.15) is 11.6 Å². The molecule has 0 radical (unpaired) electrons. The van der Waals surface area contributed by atoms with Crippen molar-refractivity contribution >= 4 is 17.4 Å². The van der Waals surface area contributed by atoms with Crippen LogP contribution in [0.3, 0.4) is 0 Å². The Balaban J connectivity index is 1.57. The molecule has 0 bridgehead atoms. The van der Waals surface area contributed by atoms with Crippen molar-refractivity contribution < 1.29 is 9.18 Å². The number of carbonyl (C=O) groups is 1. The molecule has 1 saturated heterocycles. The largest absolute Gasteiger partial charge is 0.309 e. The summed E-state index contributed by atoms with van der Waals surface area (Å²) in [4.78, 5) is 11.7. The van der Waals surface area contributed by atoms with Gasteiger partial charge in [0.25, 0.3) is 0 Å². The van der Waals surface area contributed by atoms with E-state index in [4.69, 9.17) is 11.6 Å². The van der Waals surface area contributed by atoms with Crippen LogP contribution in [0.25, 0.3) is 0 Å². The third-order valence-corrected chi connectivity index (χ3v) is 5.32. The van der Waals surface area contributed by atoms with E-state index in [1.165, 1.54) is 0 Å². The fourth-order valence-electron chi connectivity index (χ4n) is 3.41. The fourth-order valence-corrected chi connectivity index (χ4v) is 3.61. The van der Waals surface area contributed by atoms with E-state index in [1.807, 2.05) is 0 Å². The Bertz CT molecular complexity index is 579. The summed E-state index contributed by atoms with van der Waals surface area (Å²) in [5, 5.41) is 6.99. The molecule has 1 heterocycles. The van der Waals surface area contributed by atoms with Crippen molar-refractivity contribution in [2.75, 3.05) is 0 Å². The van der Waals surface area contributed by atoms with Gasteiger partial charge in [-0.1, -0.05) is 23.7 Å². The number of carbonyl (C=O) groups excluding carboxylic acids is 1. The molecule has 1 aromatic rings. The van der Waals surface area contributed by atoms with E-state index in [9.17, 15) is 9.18 Å². The Labute approximate surface area is 129 Å². The maximum Gasteiger partial charge on any atom is 0.146 e. The molecule has 4 atom stereocenters. The molecule has 114 valence electrons. The minimum absolute atomic E-state index is 0.123. The third-order valence-electron chi connectivity index (χ3n) is 5.03. The predicted molar refractivity (Wildman–Crippen MR) is 80.8 cm³/mol. The molecule has 0 spiro atoms. The first-order valence-electron chi connectivity index (χ1n) is 7.37. The van der Waals surface area contributed by atoms with Gasteiger partial charge in [0, 0.05) is 35.6 Å². The van der Waals surface area contributed by atoms with Crippen LogP contribution in [-0.4, -0.2) is 23.9 Å². The van der Waals surface area contributed by atoms with E-state index < -0.39 is 0 Å². The van der Waals surface area contributed by atoms with Crippen LogP contribution in [0.1, 0.15) is 32.3 Å². The molecule has 3 nitrogen and oxygen atoms in total. The summed E-state index contributed by atoms with van der Waals surface area (Å²) in [5.74, 6) is -0.0723. The van der Waals surface area contributed by atoms with Crippen molar-refractivity contribution in [1.29, 1.82) is 0 Å². The van der Waals surface area contributed by atoms with Crippen LogP contribution < -0.4 is 10.6 Å². The van der Waals surface area contributed by atoms with Crippen molar-refractivity contribution in [3.05, 3.63) is 34.6 Å². The first kappa shape index (κ1) is 14.9. The highest BCUT2D eigenvalue weighted by Crippen LogP contribution is 2.55. The van der Waals surface area contributed by atoms with E-state index >= 15 is 0 Å². The third kappa shape index (κ3) is 2.60. The number of fused-ring (bicyclic) bond motifs is 1. The summed E-state index contributed by atoms with van der Waals surface area (Å²) in [6, 6.07) is 5.81. The zero-order valence-corrected chi connectivity index (χ0v) is 13.0. The average Bonchev–Trinajstić information content (AvgIpc) is 3.03. The van der Waals surface area contributed by atoms with E-state index in [0.29, 0.717) is 18.2 Å². The summed E-state index contributed by atoms with van der Waals surface area (Å²) in [7, 11) is 0. The summed E-state index contributed by atoms with van der Waals surface area (Å²) in [6.45, 7) is 4.19. The normalized spacial score (nSPS) is 31.8. The molecule has 1 aliphatic heterocycles. The van der Waals surface area contributed by atoms with Crippen LogP contribution in [-0.2, 0) is 11.3 Å². The molecular weight excluding hydrogens is 291 g/mol. The highest BCUT2D eigenvalue weighted by Gasteiger charge is 2.63. The van der Waals surface area contributed by atoms with Gasteiger partial charge in [-0.2, -0.15) is 0 Å². The molecule has 2 aliphatic rings. The molecule has 1 aliphatic carbocycles. The highest BCUT2D eigenvalue weighted by molar-refractivity contribution is 6.30. The smallest absolute Gasteiger partial charge is 0.146 e. The quantitative estimate of drug-likeness (QED) is 0.878. The maximum atomic E-state index is 13.8. The summed E-state index contributed by atoms with van der Waals surface area (Å²) in [6.07, 6.45) is 1.84. The SMILES string of the molecule is CC(=O)C12CC(C(C)NCc3cccc(Cl)c3F)NC1C2. The number of ketones is 1. The molecule has 4 unspecified atom stereocenters. The zero-order valence-electron chi connectivity index (χ0n) is 12.2. The molecule has 2 N–H and O–H groups in total. The lowest BCUT2D eigenvalue weighted by molar-refractivity contribution is -0.122. The lowest BCUT2D eigenvalue weighted by Gasteiger charge is -2.24. The van der Waals surface area contributed by atoms with E-state index in [2.05, 4.69) is 17.6 Å². The Morgan fingerprint density at radius 1 is 1.57 bits per heavy atom. The molecule has 1 saturated carbocycles. The van der Waals surface area contributed by atoms with Crippen molar-refractivity contribution in [2.45, 2.75) is 51.4 Å². The summed E-state index contributed by atoms with van der Waals surface area (Å²) >= 11 is 5.78. The van der Waals surface area contributed by atoms with Crippen LogP contribution in [0.2, 0.25) is 5.02 Å². The van der Waals surface area contributed by atoms with E-state index in [1.54, 1.807) is 25.1 Å². The van der Waals surface area contributed by atoms with Gasteiger partial charge >= 0.3 is 0 Å². The molecule has 0 aromatic heterocycles. The number of Topliss-reactive ketones (excluding diaryl/α,β-unsaturated/α-hetero) is 1. The van der Waals surface area contributed by atoms with Gasteiger partial charge in [0.15, 0.2) is 0 Å². The van der Waals surface area contributed by atoms with E-state index in [0.717, 1.165) is 12.8 Å². The van der Waals surface area contributed by atoms with Gasteiger partial charge < -0.3 is 10.6 Å². The van der Waals surface area contributed by atoms with Crippen LogP contribution in [0.15, 0.2) is 18.2 Å². The van der Waals surface area contributed by atoms with Crippen molar-refractivity contribution in [1.82, 2.24) is 10.6 Å². The minimum Gasteiger partial charge on any atom is -0.309 e. The minimum atomic E-state index is -0.360. The molecule has 1 aromatic carbocycles. The average molecular weight is 311 g/mol. The number of benzene rings is 1. The highest BCUT2D eigenvalue weighted by atomic mass is 35.5.